The van der Waals surface area contributed by atoms with Gasteiger partial charge in [-0.15, -0.1) is 0 Å². The maximum Gasteiger partial charge on any atom is 0.150 e. The van der Waals surface area contributed by atoms with Crippen molar-refractivity contribution in [3.8, 4) is 5.75 Å². The third-order valence-electron chi connectivity index (χ3n) is 3.79. The van der Waals surface area contributed by atoms with Crippen molar-refractivity contribution in [1.29, 1.82) is 0 Å². The summed E-state index contributed by atoms with van der Waals surface area (Å²) in [6.07, 6.45) is 1.69. The smallest absolute Gasteiger partial charge is 0.150 e. The zero-order chi connectivity index (χ0) is 15.6. The Morgan fingerprint density at radius 3 is 2.57 bits per heavy atom. The van der Waals surface area contributed by atoms with Gasteiger partial charge in [-0.1, -0.05) is 48.5 Å². The first-order valence-corrected chi connectivity index (χ1v) is 7.42. The largest absolute Gasteiger partial charge is 0.487 e. The molecule has 0 amide bonds. The molecule has 0 radical (unpaired) electrons. The van der Waals surface area contributed by atoms with Gasteiger partial charge in [0.25, 0.3) is 0 Å². The number of rotatable bonds is 3. The average Bonchev–Trinajstić information content (AvgIpc) is 2.61. The van der Waals surface area contributed by atoms with Gasteiger partial charge in [0, 0.05) is 10.8 Å². The molecule has 23 heavy (non-hydrogen) atoms. The number of nitrogens with zero attached hydrogens (tertiary/aromatic N) is 2. The maximum absolute atomic E-state index is 6.02. The lowest BCUT2D eigenvalue weighted by Gasteiger charge is -2.09. The van der Waals surface area contributed by atoms with Crippen molar-refractivity contribution in [2.75, 3.05) is 5.73 Å². The van der Waals surface area contributed by atoms with Gasteiger partial charge in [0.2, 0.25) is 0 Å². The molecule has 0 fully saturated rings. The second kappa shape index (κ2) is 5.57. The molecule has 2 heterocycles. The average molecular weight is 301 g/mol. The molecular weight excluding hydrogens is 286 g/mol. The van der Waals surface area contributed by atoms with Crippen molar-refractivity contribution in [2.24, 2.45) is 0 Å². The summed E-state index contributed by atoms with van der Waals surface area (Å²) in [7, 11) is 0. The third-order valence-corrected chi connectivity index (χ3v) is 3.79. The highest BCUT2D eigenvalue weighted by atomic mass is 16.5. The quantitative estimate of drug-likeness (QED) is 0.582. The number of para-hydroxylation sites is 1. The highest BCUT2D eigenvalue weighted by Crippen LogP contribution is 2.29. The molecule has 2 aromatic heterocycles. The Bertz CT molecular complexity index is 984. The SMILES string of the molecule is Nc1nc2ccccc2c2cc(OCc3ccccc3)cnc12. The Kier molecular flexibility index (Phi) is 3.27. The molecule has 0 aliphatic heterocycles. The first-order valence-electron chi connectivity index (χ1n) is 7.42. The molecule has 0 aliphatic carbocycles. The van der Waals surface area contributed by atoms with E-state index in [1.807, 2.05) is 60.7 Å². The molecule has 0 unspecified atom stereocenters. The van der Waals surface area contributed by atoms with Crippen LogP contribution in [0.15, 0.2) is 66.9 Å². The number of pyridine rings is 2. The molecule has 4 nitrogen and oxygen atoms in total. The van der Waals surface area contributed by atoms with E-state index >= 15 is 0 Å². The van der Waals surface area contributed by atoms with Crippen molar-refractivity contribution in [1.82, 2.24) is 9.97 Å². The number of ether oxygens (including phenoxy) is 1. The predicted molar refractivity (Wildman–Crippen MR) is 92.2 cm³/mol. The van der Waals surface area contributed by atoms with E-state index in [0.29, 0.717) is 17.9 Å². The van der Waals surface area contributed by atoms with Crippen LogP contribution in [0.5, 0.6) is 5.75 Å². The molecule has 0 bridgehead atoms. The summed E-state index contributed by atoms with van der Waals surface area (Å²) in [4.78, 5) is 8.83. The molecule has 0 saturated heterocycles. The lowest BCUT2D eigenvalue weighted by Crippen LogP contribution is -1.98. The minimum atomic E-state index is 0.438. The fraction of sp³-hybridized carbons (Fsp3) is 0.0526. The van der Waals surface area contributed by atoms with Crippen LogP contribution in [0.2, 0.25) is 0 Å². The van der Waals surface area contributed by atoms with E-state index in [2.05, 4.69) is 9.97 Å². The summed E-state index contributed by atoms with van der Waals surface area (Å²) in [5.74, 6) is 1.16. The Morgan fingerprint density at radius 1 is 0.913 bits per heavy atom. The van der Waals surface area contributed by atoms with Crippen LogP contribution < -0.4 is 10.5 Å². The van der Waals surface area contributed by atoms with E-state index in [0.717, 1.165) is 27.6 Å². The Hall–Kier alpha value is -3.14. The fourth-order valence-electron chi connectivity index (χ4n) is 2.66. The molecule has 112 valence electrons. The van der Waals surface area contributed by atoms with Crippen molar-refractivity contribution >= 4 is 27.6 Å². The zero-order valence-corrected chi connectivity index (χ0v) is 12.4. The van der Waals surface area contributed by atoms with Crippen LogP contribution in [0.3, 0.4) is 0 Å². The number of aromatic nitrogens is 2. The van der Waals surface area contributed by atoms with Crippen LogP contribution in [0.25, 0.3) is 21.8 Å². The minimum absolute atomic E-state index is 0.438. The van der Waals surface area contributed by atoms with E-state index in [9.17, 15) is 0 Å². The van der Waals surface area contributed by atoms with E-state index in [1.165, 1.54) is 0 Å². The van der Waals surface area contributed by atoms with Crippen molar-refractivity contribution in [2.45, 2.75) is 6.61 Å². The molecule has 2 N–H and O–H groups in total. The number of nitrogen functional groups attached to an aromatic ring is 1. The summed E-state index contributed by atoms with van der Waals surface area (Å²) in [5, 5.41) is 1.98. The standard InChI is InChI=1S/C19H15N3O/c20-19-18-16(15-8-4-5-9-17(15)22-19)10-14(11-21-18)23-12-13-6-2-1-3-7-13/h1-11H,12H2,(H2,20,22). The number of hydrogen-bond donors (Lipinski definition) is 1. The molecule has 4 rings (SSSR count). The second-order valence-electron chi connectivity index (χ2n) is 5.36. The summed E-state index contributed by atoms with van der Waals surface area (Å²) in [6, 6.07) is 19.9. The van der Waals surface area contributed by atoms with Crippen LogP contribution >= 0.6 is 0 Å². The molecule has 4 aromatic rings. The van der Waals surface area contributed by atoms with Crippen LogP contribution in [-0.2, 0) is 6.61 Å². The molecule has 0 aliphatic rings. The minimum Gasteiger partial charge on any atom is -0.487 e. The number of fused-ring (bicyclic) bond motifs is 3. The van der Waals surface area contributed by atoms with Crippen LogP contribution in [0, 0.1) is 0 Å². The first kappa shape index (κ1) is 13.5. The normalized spacial score (nSPS) is 11.0. The van der Waals surface area contributed by atoms with E-state index < -0.39 is 0 Å². The van der Waals surface area contributed by atoms with Gasteiger partial charge >= 0.3 is 0 Å². The van der Waals surface area contributed by atoms with Gasteiger partial charge in [0.15, 0.2) is 5.82 Å². The molecular formula is C19H15N3O. The van der Waals surface area contributed by atoms with Gasteiger partial charge in [-0.25, -0.2) is 9.97 Å². The Morgan fingerprint density at radius 2 is 1.70 bits per heavy atom. The van der Waals surface area contributed by atoms with E-state index in [4.69, 9.17) is 10.5 Å². The Labute approximate surface area is 133 Å². The van der Waals surface area contributed by atoms with Gasteiger partial charge < -0.3 is 10.5 Å². The molecule has 0 saturated carbocycles. The molecule has 2 aromatic carbocycles. The number of benzene rings is 2. The molecule has 4 heteroatoms. The summed E-state index contributed by atoms with van der Waals surface area (Å²) >= 11 is 0. The molecule has 0 atom stereocenters. The number of hydrogen-bond acceptors (Lipinski definition) is 4. The van der Waals surface area contributed by atoms with Crippen LogP contribution in [0.4, 0.5) is 5.82 Å². The van der Waals surface area contributed by atoms with Crippen molar-refractivity contribution in [3.05, 3.63) is 72.4 Å². The lowest BCUT2D eigenvalue weighted by molar-refractivity contribution is 0.305. The van der Waals surface area contributed by atoms with Crippen LogP contribution in [-0.4, -0.2) is 9.97 Å². The van der Waals surface area contributed by atoms with Gasteiger partial charge in [-0.2, -0.15) is 0 Å². The highest BCUT2D eigenvalue weighted by molar-refractivity contribution is 6.08. The van der Waals surface area contributed by atoms with Gasteiger partial charge in [-0.3, -0.25) is 0 Å². The maximum atomic E-state index is 6.02. The number of anilines is 1. The molecule has 0 spiro atoms. The first-order chi connectivity index (χ1) is 11.3. The van der Waals surface area contributed by atoms with Gasteiger partial charge in [-0.05, 0) is 17.7 Å². The Balaban J connectivity index is 1.76. The van der Waals surface area contributed by atoms with Crippen LogP contribution in [0.1, 0.15) is 5.56 Å². The third kappa shape index (κ3) is 2.55. The predicted octanol–water partition coefficient (Wildman–Crippen LogP) is 3.94. The monoisotopic (exact) mass is 301 g/mol. The number of nitrogens with two attached hydrogens (primary N) is 1. The highest BCUT2D eigenvalue weighted by Gasteiger charge is 2.08. The van der Waals surface area contributed by atoms with Crippen molar-refractivity contribution < 1.29 is 4.74 Å². The fourth-order valence-corrected chi connectivity index (χ4v) is 2.66. The van der Waals surface area contributed by atoms with E-state index in [-0.39, 0.29) is 0 Å². The zero-order valence-electron chi connectivity index (χ0n) is 12.4. The van der Waals surface area contributed by atoms with E-state index in [1.54, 1.807) is 6.20 Å². The van der Waals surface area contributed by atoms with Gasteiger partial charge in [0.1, 0.15) is 17.9 Å². The summed E-state index contributed by atoms with van der Waals surface area (Å²) in [6.45, 7) is 0.506. The topological polar surface area (TPSA) is 61.0 Å². The van der Waals surface area contributed by atoms with Gasteiger partial charge in [0.05, 0.1) is 11.7 Å². The lowest BCUT2D eigenvalue weighted by atomic mass is 10.1. The second-order valence-corrected chi connectivity index (χ2v) is 5.36. The summed E-state index contributed by atoms with van der Waals surface area (Å²) in [5.41, 5.74) is 8.71. The van der Waals surface area contributed by atoms with Crippen molar-refractivity contribution in [3.63, 3.8) is 0 Å². The summed E-state index contributed by atoms with van der Waals surface area (Å²) < 4.78 is 5.87.